The van der Waals surface area contributed by atoms with Gasteiger partial charge in [-0.05, 0) is 60.5 Å². The molecule has 5 aromatic rings. The lowest BCUT2D eigenvalue weighted by Crippen LogP contribution is -2.02. The summed E-state index contributed by atoms with van der Waals surface area (Å²) in [6, 6.07) is 24.6. The van der Waals surface area contributed by atoms with E-state index in [4.69, 9.17) is 33.9 Å². The SMILES string of the molecule is Cc1ccc(-c2cc(-c3ccc(Cl)cc3)nc3sc(C(=O)c4ccc(Cl)cc4)c(N)c23)cc1. The van der Waals surface area contributed by atoms with Crippen LogP contribution in [-0.4, -0.2) is 10.8 Å². The van der Waals surface area contributed by atoms with Crippen LogP contribution in [0.4, 0.5) is 5.69 Å². The van der Waals surface area contributed by atoms with E-state index in [9.17, 15) is 4.79 Å². The van der Waals surface area contributed by atoms with E-state index >= 15 is 0 Å². The number of fused-ring (bicyclic) bond motifs is 1. The molecule has 0 spiro atoms. The van der Waals surface area contributed by atoms with Crippen molar-refractivity contribution in [1.29, 1.82) is 0 Å². The van der Waals surface area contributed by atoms with Crippen molar-refractivity contribution in [2.45, 2.75) is 6.92 Å². The number of nitrogens with zero attached hydrogens (tertiary/aromatic N) is 1. The smallest absolute Gasteiger partial charge is 0.205 e. The average molecular weight is 489 g/mol. The summed E-state index contributed by atoms with van der Waals surface area (Å²) in [7, 11) is 0. The molecular weight excluding hydrogens is 471 g/mol. The van der Waals surface area contributed by atoms with E-state index in [2.05, 4.69) is 24.3 Å². The first kappa shape index (κ1) is 21.7. The highest BCUT2D eigenvalue weighted by Gasteiger charge is 2.22. The third-order valence-electron chi connectivity index (χ3n) is 5.51. The standard InChI is InChI=1S/C27H18Cl2N2OS/c1-15-2-4-16(5-3-15)21-14-22(17-6-10-19(28)11-7-17)31-27-23(21)24(30)26(33-27)25(32)18-8-12-20(29)13-9-18/h2-14H,30H2,1H3. The fourth-order valence-corrected chi connectivity index (χ4v) is 5.09. The van der Waals surface area contributed by atoms with Gasteiger partial charge >= 0.3 is 0 Å². The molecule has 3 aromatic carbocycles. The van der Waals surface area contributed by atoms with Gasteiger partial charge in [0.25, 0.3) is 0 Å². The van der Waals surface area contributed by atoms with Gasteiger partial charge in [0.2, 0.25) is 5.78 Å². The Morgan fingerprint density at radius 2 is 1.42 bits per heavy atom. The molecule has 0 aliphatic heterocycles. The summed E-state index contributed by atoms with van der Waals surface area (Å²) in [6.45, 7) is 2.05. The van der Waals surface area contributed by atoms with Crippen molar-refractivity contribution in [3.63, 3.8) is 0 Å². The van der Waals surface area contributed by atoms with E-state index in [1.54, 1.807) is 24.3 Å². The number of pyridine rings is 1. The normalized spacial score (nSPS) is 11.1. The molecule has 0 bridgehead atoms. The van der Waals surface area contributed by atoms with E-state index < -0.39 is 0 Å². The molecular formula is C27H18Cl2N2OS. The van der Waals surface area contributed by atoms with Crippen molar-refractivity contribution in [3.8, 4) is 22.4 Å². The number of aryl methyl sites for hydroxylation is 1. The Morgan fingerprint density at radius 1 is 0.848 bits per heavy atom. The predicted octanol–water partition coefficient (Wildman–Crippen LogP) is 8.06. The topological polar surface area (TPSA) is 56.0 Å². The molecule has 33 heavy (non-hydrogen) atoms. The number of benzene rings is 3. The Balaban J connectivity index is 1.74. The van der Waals surface area contributed by atoms with Crippen LogP contribution in [0.3, 0.4) is 0 Å². The number of nitrogens with two attached hydrogens (primary N) is 1. The fraction of sp³-hybridized carbons (Fsp3) is 0.0370. The molecule has 6 heteroatoms. The molecule has 0 aliphatic carbocycles. The Kier molecular flexibility index (Phi) is 5.67. The molecule has 0 unspecified atom stereocenters. The Morgan fingerprint density at radius 3 is 2.06 bits per heavy atom. The summed E-state index contributed by atoms with van der Waals surface area (Å²) >= 11 is 13.4. The van der Waals surface area contributed by atoms with Crippen LogP contribution in [0.2, 0.25) is 10.0 Å². The van der Waals surface area contributed by atoms with Crippen LogP contribution in [0.25, 0.3) is 32.6 Å². The molecule has 0 atom stereocenters. The molecule has 162 valence electrons. The molecule has 3 nitrogen and oxygen atoms in total. The minimum atomic E-state index is -0.143. The molecule has 5 rings (SSSR count). The first-order valence-corrected chi connectivity index (χ1v) is 11.8. The Bertz CT molecular complexity index is 1490. The first-order chi connectivity index (χ1) is 15.9. The zero-order valence-corrected chi connectivity index (χ0v) is 19.9. The van der Waals surface area contributed by atoms with Gasteiger partial charge in [0.1, 0.15) is 9.71 Å². The molecule has 0 amide bonds. The van der Waals surface area contributed by atoms with Gasteiger partial charge in [0.05, 0.1) is 11.4 Å². The summed E-state index contributed by atoms with van der Waals surface area (Å²) in [6.07, 6.45) is 0. The number of halogens is 2. The van der Waals surface area contributed by atoms with E-state index in [0.717, 1.165) is 27.8 Å². The maximum atomic E-state index is 13.3. The van der Waals surface area contributed by atoms with Gasteiger partial charge in [0.15, 0.2) is 0 Å². The number of aromatic nitrogens is 1. The number of carbonyl (C=O) groups is 1. The number of nitrogen functional groups attached to an aromatic ring is 1. The van der Waals surface area contributed by atoms with Crippen molar-refractivity contribution < 1.29 is 4.79 Å². The van der Waals surface area contributed by atoms with Crippen LogP contribution in [-0.2, 0) is 0 Å². The highest BCUT2D eigenvalue weighted by molar-refractivity contribution is 7.21. The van der Waals surface area contributed by atoms with Gasteiger partial charge in [-0.2, -0.15) is 0 Å². The minimum absolute atomic E-state index is 0.143. The molecule has 2 aromatic heterocycles. The molecule has 0 radical (unpaired) electrons. The largest absolute Gasteiger partial charge is 0.397 e. The number of hydrogen-bond donors (Lipinski definition) is 1. The van der Waals surface area contributed by atoms with Crippen LogP contribution in [0.5, 0.6) is 0 Å². The Labute approximate surface area is 205 Å². The molecule has 0 saturated heterocycles. The molecule has 2 N–H and O–H groups in total. The summed E-state index contributed by atoms with van der Waals surface area (Å²) in [4.78, 5) is 19.3. The summed E-state index contributed by atoms with van der Waals surface area (Å²) < 4.78 is 0. The number of anilines is 1. The van der Waals surface area contributed by atoms with E-state index in [-0.39, 0.29) is 5.78 Å². The van der Waals surface area contributed by atoms with Crippen molar-refractivity contribution in [3.05, 3.63) is 105 Å². The summed E-state index contributed by atoms with van der Waals surface area (Å²) in [5.41, 5.74) is 12.4. The van der Waals surface area contributed by atoms with Crippen molar-refractivity contribution in [1.82, 2.24) is 4.98 Å². The quantitative estimate of drug-likeness (QED) is 0.260. The molecule has 0 fully saturated rings. The maximum absolute atomic E-state index is 13.3. The van der Waals surface area contributed by atoms with Gasteiger partial charge in [-0.3, -0.25) is 4.79 Å². The Hall–Kier alpha value is -3.18. The van der Waals surface area contributed by atoms with Crippen LogP contribution in [0.15, 0.2) is 78.9 Å². The van der Waals surface area contributed by atoms with Crippen molar-refractivity contribution >= 4 is 56.2 Å². The van der Waals surface area contributed by atoms with Crippen LogP contribution < -0.4 is 5.73 Å². The van der Waals surface area contributed by atoms with Crippen molar-refractivity contribution in [2.24, 2.45) is 0 Å². The maximum Gasteiger partial charge on any atom is 0.205 e. The number of thiophene rings is 1. The predicted molar refractivity (Wildman–Crippen MR) is 140 cm³/mol. The number of rotatable bonds is 4. The summed E-state index contributed by atoms with van der Waals surface area (Å²) in [5.74, 6) is -0.143. The second kappa shape index (κ2) is 8.64. The number of carbonyl (C=O) groups excluding carboxylic acids is 1. The molecule has 0 aliphatic rings. The lowest BCUT2D eigenvalue weighted by atomic mass is 9.98. The summed E-state index contributed by atoms with van der Waals surface area (Å²) in [5, 5.41) is 2.03. The fourth-order valence-electron chi connectivity index (χ4n) is 3.75. The average Bonchev–Trinajstić information content (AvgIpc) is 3.16. The molecule has 0 saturated carbocycles. The zero-order valence-electron chi connectivity index (χ0n) is 17.6. The minimum Gasteiger partial charge on any atom is -0.397 e. The van der Waals surface area contributed by atoms with E-state index in [1.807, 2.05) is 37.3 Å². The van der Waals surface area contributed by atoms with Gasteiger partial charge in [-0.1, -0.05) is 65.2 Å². The third-order valence-corrected chi connectivity index (χ3v) is 7.12. The lowest BCUT2D eigenvalue weighted by molar-refractivity contribution is 0.104. The lowest BCUT2D eigenvalue weighted by Gasteiger charge is -2.09. The zero-order chi connectivity index (χ0) is 23.1. The monoisotopic (exact) mass is 488 g/mol. The van der Waals surface area contributed by atoms with Gasteiger partial charge in [-0.25, -0.2) is 4.98 Å². The number of ketones is 1. The van der Waals surface area contributed by atoms with Crippen LogP contribution in [0, 0.1) is 6.92 Å². The van der Waals surface area contributed by atoms with Crippen LogP contribution in [0.1, 0.15) is 20.8 Å². The van der Waals surface area contributed by atoms with Crippen molar-refractivity contribution in [2.75, 3.05) is 5.73 Å². The second-order valence-corrected chi connectivity index (χ2v) is 9.66. The van der Waals surface area contributed by atoms with Gasteiger partial charge in [-0.15, -0.1) is 11.3 Å². The third kappa shape index (κ3) is 4.13. The highest BCUT2D eigenvalue weighted by Crippen LogP contribution is 2.42. The highest BCUT2D eigenvalue weighted by atomic mass is 35.5. The molecule has 2 heterocycles. The van der Waals surface area contributed by atoms with Crippen LogP contribution >= 0.6 is 34.5 Å². The second-order valence-electron chi connectivity index (χ2n) is 7.79. The van der Waals surface area contributed by atoms with E-state index in [1.165, 1.54) is 16.9 Å². The number of hydrogen-bond acceptors (Lipinski definition) is 4. The van der Waals surface area contributed by atoms with E-state index in [0.29, 0.717) is 31.0 Å². The first-order valence-electron chi connectivity index (χ1n) is 10.3. The van der Waals surface area contributed by atoms with Gasteiger partial charge in [0, 0.05) is 26.6 Å². The van der Waals surface area contributed by atoms with Gasteiger partial charge < -0.3 is 5.73 Å².